The zero-order valence-electron chi connectivity index (χ0n) is 7.09. The second kappa shape index (κ2) is 4.78. The Labute approximate surface area is 74.0 Å². The van der Waals surface area contributed by atoms with E-state index in [0.717, 1.165) is 12.5 Å². The highest BCUT2D eigenvalue weighted by Gasteiger charge is 2.21. The first-order valence-corrected chi connectivity index (χ1v) is 4.76. The molecule has 11 heavy (non-hydrogen) atoms. The van der Waals surface area contributed by atoms with E-state index < -0.39 is 0 Å². The van der Waals surface area contributed by atoms with Crippen LogP contribution in [0, 0.1) is 5.92 Å². The van der Waals surface area contributed by atoms with Gasteiger partial charge in [0.1, 0.15) is 0 Å². The highest BCUT2D eigenvalue weighted by atomic mass is 35.5. The summed E-state index contributed by atoms with van der Waals surface area (Å²) < 4.78 is 0. The molecule has 0 atom stereocenters. The van der Waals surface area contributed by atoms with Crippen molar-refractivity contribution in [2.24, 2.45) is 5.92 Å². The number of allylic oxidation sites excluding steroid dienone is 1. The summed E-state index contributed by atoms with van der Waals surface area (Å²) in [5.74, 6) is 1.63. The first-order chi connectivity index (χ1) is 5.33. The van der Waals surface area contributed by atoms with Crippen LogP contribution in [0.3, 0.4) is 0 Å². The molecular weight excluding hydrogens is 158 g/mol. The SMILES string of the molecule is CN(CC=CCCl)CC1CC1. The fourth-order valence-electron chi connectivity index (χ4n) is 1.13. The van der Waals surface area contributed by atoms with Crippen LogP contribution in [0.2, 0.25) is 0 Å². The van der Waals surface area contributed by atoms with Gasteiger partial charge in [-0.3, -0.25) is 0 Å². The fraction of sp³-hybridized carbons (Fsp3) is 0.778. The molecule has 1 aliphatic rings. The van der Waals surface area contributed by atoms with Gasteiger partial charge in [-0.2, -0.15) is 0 Å². The zero-order chi connectivity index (χ0) is 8.10. The van der Waals surface area contributed by atoms with Crippen molar-refractivity contribution >= 4 is 11.6 Å². The van der Waals surface area contributed by atoms with Crippen molar-refractivity contribution < 1.29 is 0 Å². The van der Waals surface area contributed by atoms with Gasteiger partial charge in [0.25, 0.3) is 0 Å². The number of likely N-dealkylation sites (N-methyl/N-ethyl adjacent to an activating group) is 1. The molecule has 0 aromatic heterocycles. The molecule has 0 unspecified atom stereocenters. The maximum atomic E-state index is 5.50. The third kappa shape index (κ3) is 4.44. The molecule has 0 saturated heterocycles. The summed E-state index contributed by atoms with van der Waals surface area (Å²) in [5.41, 5.74) is 0. The van der Waals surface area contributed by atoms with Crippen LogP contribution < -0.4 is 0 Å². The molecule has 1 fully saturated rings. The summed E-state index contributed by atoms with van der Waals surface area (Å²) >= 11 is 5.50. The number of alkyl halides is 1. The summed E-state index contributed by atoms with van der Waals surface area (Å²) in [6.07, 6.45) is 7.01. The molecule has 1 saturated carbocycles. The minimum atomic E-state index is 0.636. The Morgan fingerprint density at radius 2 is 2.18 bits per heavy atom. The summed E-state index contributed by atoms with van der Waals surface area (Å²) in [7, 11) is 2.16. The van der Waals surface area contributed by atoms with E-state index in [1.807, 2.05) is 6.08 Å². The molecule has 0 bridgehead atoms. The number of hydrogen-bond acceptors (Lipinski definition) is 1. The van der Waals surface area contributed by atoms with Crippen LogP contribution >= 0.6 is 11.6 Å². The van der Waals surface area contributed by atoms with Crippen molar-refractivity contribution in [1.82, 2.24) is 4.90 Å². The van der Waals surface area contributed by atoms with Gasteiger partial charge in [0.2, 0.25) is 0 Å². The van der Waals surface area contributed by atoms with Gasteiger partial charge in [-0.05, 0) is 25.8 Å². The van der Waals surface area contributed by atoms with Crippen molar-refractivity contribution in [3.63, 3.8) is 0 Å². The van der Waals surface area contributed by atoms with Gasteiger partial charge < -0.3 is 4.90 Å². The lowest BCUT2D eigenvalue weighted by Crippen LogP contribution is -2.20. The van der Waals surface area contributed by atoms with Gasteiger partial charge >= 0.3 is 0 Å². The fourth-order valence-corrected chi connectivity index (χ4v) is 1.26. The Hall–Kier alpha value is -0.0100. The highest BCUT2D eigenvalue weighted by molar-refractivity contribution is 6.18. The number of halogens is 1. The lowest BCUT2D eigenvalue weighted by Gasteiger charge is -2.12. The molecule has 1 rings (SSSR count). The molecule has 0 aromatic rings. The van der Waals surface area contributed by atoms with E-state index in [9.17, 15) is 0 Å². The van der Waals surface area contributed by atoms with Crippen molar-refractivity contribution in [3.05, 3.63) is 12.2 Å². The van der Waals surface area contributed by atoms with E-state index in [-0.39, 0.29) is 0 Å². The molecule has 2 heteroatoms. The number of rotatable bonds is 5. The molecule has 0 amide bonds. The van der Waals surface area contributed by atoms with E-state index in [0.29, 0.717) is 5.88 Å². The van der Waals surface area contributed by atoms with E-state index >= 15 is 0 Å². The van der Waals surface area contributed by atoms with Crippen LogP contribution in [0.15, 0.2) is 12.2 Å². The Morgan fingerprint density at radius 3 is 2.73 bits per heavy atom. The monoisotopic (exact) mass is 173 g/mol. The van der Waals surface area contributed by atoms with E-state index in [1.165, 1.54) is 19.4 Å². The predicted molar refractivity (Wildman–Crippen MR) is 50.1 cm³/mol. The molecular formula is C9H16ClN. The van der Waals surface area contributed by atoms with E-state index in [1.54, 1.807) is 0 Å². The van der Waals surface area contributed by atoms with Crippen LogP contribution in [-0.4, -0.2) is 30.9 Å². The molecule has 1 nitrogen and oxygen atoms in total. The Bertz CT molecular complexity index is 130. The molecule has 0 heterocycles. The summed E-state index contributed by atoms with van der Waals surface area (Å²) in [5, 5.41) is 0. The summed E-state index contributed by atoms with van der Waals surface area (Å²) in [6, 6.07) is 0. The molecule has 0 aromatic carbocycles. The average Bonchev–Trinajstić information content (AvgIpc) is 2.72. The molecule has 0 N–H and O–H groups in total. The topological polar surface area (TPSA) is 3.24 Å². The van der Waals surface area contributed by atoms with Crippen LogP contribution in [-0.2, 0) is 0 Å². The summed E-state index contributed by atoms with van der Waals surface area (Å²) in [4.78, 5) is 2.35. The van der Waals surface area contributed by atoms with Crippen LogP contribution in [0.5, 0.6) is 0 Å². The second-order valence-corrected chi connectivity index (χ2v) is 3.60. The van der Waals surface area contributed by atoms with Crippen molar-refractivity contribution in [2.45, 2.75) is 12.8 Å². The number of hydrogen-bond donors (Lipinski definition) is 0. The smallest absolute Gasteiger partial charge is 0.0404 e. The zero-order valence-corrected chi connectivity index (χ0v) is 7.85. The van der Waals surface area contributed by atoms with Gasteiger partial charge in [0.05, 0.1) is 0 Å². The summed E-state index contributed by atoms with van der Waals surface area (Å²) in [6.45, 7) is 2.30. The first-order valence-electron chi connectivity index (χ1n) is 4.22. The van der Waals surface area contributed by atoms with Crippen molar-refractivity contribution in [2.75, 3.05) is 26.0 Å². The first kappa shape index (κ1) is 9.08. The Balaban J connectivity index is 1.99. The Morgan fingerprint density at radius 1 is 1.45 bits per heavy atom. The molecule has 0 aliphatic heterocycles. The third-order valence-electron chi connectivity index (χ3n) is 1.94. The molecule has 0 spiro atoms. The minimum absolute atomic E-state index is 0.636. The van der Waals surface area contributed by atoms with Gasteiger partial charge in [0.15, 0.2) is 0 Å². The molecule has 1 aliphatic carbocycles. The maximum Gasteiger partial charge on any atom is 0.0404 e. The maximum absolute atomic E-state index is 5.50. The van der Waals surface area contributed by atoms with Crippen LogP contribution in [0.1, 0.15) is 12.8 Å². The molecule has 64 valence electrons. The van der Waals surface area contributed by atoms with E-state index in [2.05, 4.69) is 18.0 Å². The lowest BCUT2D eigenvalue weighted by molar-refractivity contribution is 0.354. The standard InChI is InChI=1S/C9H16ClN/c1-11(7-3-2-6-10)8-9-4-5-9/h2-3,9H,4-8H2,1H3. The van der Waals surface area contributed by atoms with Gasteiger partial charge in [-0.15, -0.1) is 11.6 Å². The number of nitrogens with zero attached hydrogens (tertiary/aromatic N) is 1. The highest BCUT2D eigenvalue weighted by Crippen LogP contribution is 2.29. The largest absolute Gasteiger partial charge is 0.302 e. The third-order valence-corrected chi connectivity index (χ3v) is 2.12. The minimum Gasteiger partial charge on any atom is -0.302 e. The van der Waals surface area contributed by atoms with Crippen molar-refractivity contribution in [1.29, 1.82) is 0 Å². The predicted octanol–water partition coefficient (Wildman–Crippen LogP) is 2.12. The normalized spacial score (nSPS) is 18.5. The van der Waals surface area contributed by atoms with Crippen molar-refractivity contribution in [3.8, 4) is 0 Å². The lowest BCUT2D eigenvalue weighted by atomic mass is 10.4. The Kier molecular flexibility index (Phi) is 3.95. The quantitative estimate of drug-likeness (QED) is 0.455. The second-order valence-electron chi connectivity index (χ2n) is 3.29. The van der Waals surface area contributed by atoms with Crippen LogP contribution in [0.4, 0.5) is 0 Å². The average molecular weight is 174 g/mol. The van der Waals surface area contributed by atoms with E-state index in [4.69, 9.17) is 11.6 Å². The van der Waals surface area contributed by atoms with Gasteiger partial charge in [-0.1, -0.05) is 12.2 Å². The van der Waals surface area contributed by atoms with Gasteiger partial charge in [-0.25, -0.2) is 0 Å². The molecule has 0 radical (unpaired) electrons. The van der Waals surface area contributed by atoms with Crippen LogP contribution in [0.25, 0.3) is 0 Å². The van der Waals surface area contributed by atoms with Gasteiger partial charge in [0, 0.05) is 19.0 Å².